The van der Waals surface area contributed by atoms with Gasteiger partial charge in [0, 0.05) is 5.54 Å². The molecule has 0 bridgehead atoms. The molecule has 2 heterocycles. The van der Waals surface area contributed by atoms with Crippen molar-refractivity contribution in [2.24, 2.45) is 0 Å². The maximum Gasteiger partial charge on any atom is 0.275 e. The minimum absolute atomic E-state index is 0.0122. The Morgan fingerprint density at radius 2 is 2.00 bits per heavy atom. The van der Waals surface area contributed by atoms with Crippen molar-refractivity contribution in [3.8, 4) is 0 Å². The summed E-state index contributed by atoms with van der Waals surface area (Å²) in [4.78, 5) is 13.2. The van der Waals surface area contributed by atoms with E-state index in [0.717, 1.165) is 22.7 Å². The zero-order chi connectivity index (χ0) is 18.0. The van der Waals surface area contributed by atoms with Crippen LogP contribution in [0.1, 0.15) is 27.2 Å². The normalized spacial score (nSPS) is 17.8. The van der Waals surface area contributed by atoms with Crippen molar-refractivity contribution < 1.29 is 18.1 Å². The fourth-order valence-electron chi connectivity index (χ4n) is 2.52. The Bertz CT molecular complexity index is 680. The first-order valence-electron chi connectivity index (χ1n) is 8.04. The van der Waals surface area contributed by atoms with E-state index in [1.54, 1.807) is 12.1 Å². The van der Waals surface area contributed by atoms with E-state index in [4.69, 9.17) is 11.6 Å². The molecule has 1 amide bonds. The molecule has 1 aliphatic rings. The molecule has 0 radical (unpaired) electrons. The Balaban J connectivity index is 1.88. The SMILES string of the molecule is CCC(C)(C)NC(=O)C[NH+]1CCN(S(=O)(=O)c2ccc(Cl)s2)CC1. The summed E-state index contributed by atoms with van der Waals surface area (Å²) in [6.45, 7) is 8.48. The number of nitrogens with zero attached hydrogens (tertiary/aromatic N) is 1. The van der Waals surface area contributed by atoms with Gasteiger partial charge in [-0.25, -0.2) is 8.42 Å². The molecule has 2 rings (SSSR count). The van der Waals surface area contributed by atoms with Crippen molar-refractivity contribution in [2.75, 3.05) is 32.7 Å². The topological polar surface area (TPSA) is 70.9 Å². The average Bonchev–Trinajstić information content (AvgIpc) is 2.94. The van der Waals surface area contributed by atoms with E-state index < -0.39 is 10.0 Å². The standard InChI is InChI=1S/C15H24ClN3O3S2/c1-4-15(2,3)17-13(20)11-18-7-9-19(10-8-18)24(21,22)14-6-5-12(16)23-14/h5-6H,4,7-11H2,1-3H3,(H,17,20)/p+1. The molecule has 0 aliphatic carbocycles. The number of carbonyl (C=O) groups is 1. The molecule has 1 aromatic heterocycles. The molecule has 0 aromatic carbocycles. The number of amides is 1. The number of halogens is 1. The molecular weight excluding hydrogens is 370 g/mol. The first-order valence-corrected chi connectivity index (χ1v) is 10.7. The quantitative estimate of drug-likeness (QED) is 0.742. The number of hydrogen-bond acceptors (Lipinski definition) is 4. The van der Waals surface area contributed by atoms with E-state index in [-0.39, 0.29) is 15.7 Å². The molecule has 136 valence electrons. The summed E-state index contributed by atoms with van der Waals surface area (Å²) >= 11 is 6.91. The summed E-state index contributed by atoms with van der Waals surface area (Å²) in [5.41, 5.74) is -0.208. The third-order valence-corrected chi connectivity index (χ3v) is 7.94. The lowest BCUT2D eigenvalue weighted by Crippen LogP contribution is -3.16. The molecular formula is C15H25ClN3O3S2+. The molecule has 24 heavy (non-hydrogen) atoms. The van der Waals surface area contributed by atoms with Gasteiger partial charge in [-0.15, -0.1) is 11.3 Å². The Morgan fingerprint density at radius 3 is 2.50 bits per heavy atom. The number of thiophene rings is 1. The number of hydrogen-bond donors (Lipinski definition) is 2. The molecule has 0 saturated carbocycles. The van der Waals surface area contributed by atoms with Crippen LogP contribution in [0.4, 0.5) is 0 Å². The number of rotatable bonds is 6. The first-order chi connectivity index (χ1) is 11.1. The summed E-state index contributed by atoms with van der Waals surface area (Å²) in [5, 5.41) is 3.02. The van der Waals surface area contributed by atoms with Crippen LogP contribution in [0.25, 0.3) is 0 Å². The molecule has 1 fully saturated rings. The van der Waals surface area contributed by atoms with Crippen LogP contribution in [0.15, 0.2) is 16.3 Å². The van der Waals surface area contributed by atoms with Crippen LogP contribution in [0, 0.1) is 0 Å². The van der Waals surface area contributed by atoms with Gasteiger partial charge in [-0.2, -0.15) is 4.31 Å². The van der Waals surface area contributed by atoms with Gasteiger partial charge in [0.25, 0.3) is 15.9 Å². The lowest BCUT2D eigenvalue weighted by atomic mass is 10.0. The van der Waals surface area contributed by atoms with Gasteiger partial charge >= 0.3 is 0 Å². The van der Waals surface area contributed by atoms with Gasteiger partial charge in [0.15, 0.2) is 6.54 Å². The maximum atomic E-state index is 12.5. The fourth-order valence-corrected chi connectivity index (χ4v) is 5.60. The van der Waals surface area contributed by atoms with Crippen molar-refractivity contribution in [3.05, 3.63) is 16.5 Å². The molecule has 0 atom stereocenters. The van der Waals surface area contributed by atoms with Crippen molar-refractivity contribution in [3.63, 3.8) is 0 Å². The number of sulfonamides is 1. The van der Waals surface area contributed by atoms with Gasteiger partial charge in [0.05, 0.1) is 30.5 Å². The van der Waals surface area contributed by atoms with E-state index in [9.17, 15) is 13.2 Å². The van der Waals surface area contributed by atoms with E-state index in [1.165, 1.54) is 4.31 Å². The van der Waals surface area contributed by atoms with Crippen LogP contribution in [-0.4, -0.2) is 56.9 Å². The highest BCUT2D eigenvalue weighted by Crippen LogP contribution is 2.27. The minimum Gasteiger partial charge on any atom is -0.346 e. The van der Waals surface area contributed by atoms with Crippen LogP contribution in [0.5, 0.6) is 0 Å². The van der Waals surface area contributed by atoms with E-state index in [0.29, 0.717) is 37.1 Å². The average molecular weight is 395 g/mol. The summed E-state index contributed by atoms with van der Waals surface area (Å²) in [6.07, 6.45) is 0.865. The Hall–Kier alpha value is -0.670. The van der Waals surface area contributed by atoms with Crippen molar-refractivity contribution in [2.45, 2.75) is 36.9 Å². The molecule has 2 N–H and O–H groups in total. The maximum absolute atomic E-state index is 12.5. The minimum atomic E-state index is -3.47. The predicted molar refractivity (Wildman–Crippen MR) is 96.2 cm³/mol. The second kappa shape index (κ2) is 7.70. The van der Waals surface area contributed by atoms with Gasteiger partial charge in [0.1, 0.15) is 4.21 Å². The summed E-state index contributed by atoms with van der Waals surface area (Å²) in [7, 11) is -3.47. The second-order valence-corrected chi connectivity index (χ2v) is 10.6. The zero-order valence-corrected chi connectivity index (χ0v) is 16.7. The molecule has 6 nitrogen and oxygen atoms in total. The highest BCUT2D eigenvalue weighted by Gasteiger charge is 2.32. The van der Waals surface area contributed by atoms with Gasteiger partial charge < -0.3 is 10.2 Å². The monoisotopic (exact) mass is 394 g/mol. The molecule has 9 heteroatoms. The Kier molecular flexibility index (Phi) is 6.30. The summed E-state index contributed by atoms with van der Waals surface area (Å²) < 4.78 is 27.3. The van der Waals surface area contributed by atoms with Crippen LogP contribution in [0.2, 0.25) is 4.34 Å². The van der Waals surface area contributed by atoms with Crippen molar-refractivity contribution >= 4 is 38.9 Å². The largest absolute Gasteiger partial charge is 0.346 e. The predicted octanol–water partition coefficient (Wildman–Crippen LogP) is 0.596. The lowest BCUT2D eigenvalue weighted by molar-refractivity contribution is -0.895. The van der Waals surface area contributed by atoms with E-state index >= 15 is 0 Å². The zero-order valence-electron chi connectivity index (χ0n) is 14.3. The third-order valence-electron chi connectivity index (χ3n) is 4.34. The smallest absolute Gasteiger partial charge is 0.275 e. The highest BCUT2D eigenvalue weighted by atomic mass is 35.5. The third kappa shape index (κ3) is 4.92. The van der Waals surface area contributed by atoms with E-state index in [1.807, 2.05) is 20.8 Å². The van der Waals surface area contributed by atoms with Crippen LogP contribution < -0.4 is 10.2 Å². The molecule has 1 saturated heterocycles. The number of nitrogens with one attached hydrogen (secondary N) is 2. The van der Waals surface area contributed by atoms with Gasteiger partial charge in [-0.05, 0) is 32.4 Å². The lowest BCUT2D eigenvalue weighted by Gasteiger charge is -2.32. The number of quaternary nitrogens is 1. The molecule has 1 aromatic rings. The van der Waals surface area contributed by atoms with Crippen molar-refractivity contribution in [1.29, 1.82) is 0 Å². The van der Waals surface area contributed by atoms with Crippen LogP contribution in [0.3, 0.4) is 0 Å². The molecule has 0 spiro atoms. The van der Waals surface area contributed by atoms with Crippen LogP contribution in [-0.2, 0) is 14.8 Å². The molecule has 0 unspecified atom stereocenters. The Morgan fingerprint density at radius 1 is 1.38 bits per heavy atom. The number of carbonyl (C=O) groups excluding carboxylic acids is 1. The number of piperazine rings is 1. The first kappa shape index (κ1) is 19.7. The van der Waals surface area contributed by atoms with E-state index in [2.05, 4.69) is 5.32 Å². The van der Waals surface area contributed by atoms with Gasteiger partial charge in [-0.3, -0.25) is 4.79 Å². The fraction of sp³-hybridized carbons (Fsp3) is 0.667. The second-order valence-electron chi connectivity index (χ2n) is 6.68. The van der Waals surface area contributed by atoms with Crippen molar-refractivity contribution in [1.82, 2.24) is 9.62 Å². The Labute approximate surface area is 152 Å². The summed E-state index contributed by atoms with van der Waals surface area (Å²) in [5.74, 6) is 0.0122. The summed E-state index contributed by atoms with van der Waals surface area (Å²) in [6, 6.07) is 3.14. The molecule has 1 aliphatic heterocycles. The van der Waals surface area contributed by atoms with Gasteiger partial charge in [-0.1, -0.05) is 18.5 Å². The highest BCUT2D eigenvalue weighted by molar-refractivity contribution is 7.91. The van der Waals surface area contributed by atoms with Crippen LogP contribution >= 0.6 is 22.9 Å². The van der Waals surface area contributed by atoms with Gasteiger partial charge in [0.2, 0.25) is 0 Å².